The van der Waals surface area contributed by atoms with E-state index in [4.69, 9.17) is 9.72 Å². The number of fused-ring (bicyclic) bond motifs is 2. The van der Waals surface area contributed by atoms with E-state index < -0.39 is 0 Å². The monoisotopic (exact) mass is 292 g/mol. The van der Waals surface area contributed by atoms with Gasteiger partial charge in [-0.15, -0.1) is 0 Å². The van der Waals surface area contributed by atoms with Crippen molar-refractivity contribution < 1.29 is 4.74 Å². The highest BCUT2D eigenvalue weighted by Crippen LogP contribution is 2.26. The van der Waals surface area contributed by atoms with Gasteiger partial charge in [0.25, 0.3) is 0 Å². The Bertz CT molecular complexity index is 473. The number of nitrogens with one attached hydrogen (secondary N) is 1. The van der Waals surface area contributed by atoms with Crippen LogP contribution in [0.25, 0.3) is 0 Å². The minimum atomic E-state index is 0.325. The molecular formula is C16H28N4O. The molecule has 3 rings (SSSR count). The maximum Gasteiger partial charge on any atom is 0.206 e. The number of anilines is 1. The van der Waals surface area contributed by atoms with E-state index >= 15 is 0 Å². The van der Waals surface area contributed by atoms with E-state index in [1.165, 1.54) is 25.0 Å². The molecule has 0 amide bonds. The van der Waals surface area contributed by atoms with Crippen molar-refractivity contribution in [3.05, 3.63) is 11.9 Å². The van der Waals surface area contributed by atoms with Crippen LogP contribution in [0, 0.1) is 0 Å². The fraction of sp³-hybridized carbons (Fsp3) is 0.812. The molecule has 3 atom stereocenters. The lowest BCUT2D eigenvalue weighted by molar-refractivity contribution is 0.162. The summed E-state index contributed by atoms with van der Waals surface area (Å²) in [5, 5.41) is 3.74. The van der Waals surface area contributed by atoms with Crippen LogP contribution in [-0.4, -0.2) is 48.4 Å². The molecule has 0 saturated carbocycles. The summed E-state index contributed by atoms with van der Waals surface area (Å²) < 4.78 is 7.64. The van der Waals surface area contributed by atoms with Crippen molar-refractivity contribution >= 4 is 5.95 Å². The van der Waals surface area contributed by atoms with Gasteiger partial charge in [-0.3, -0.25) is 0 Å². The summed E-state index contributed by atoms with van der Waals surface area (Å²) in [6.07, 6.45) is 7.06. The van der Waals surface area contributed by atoms with Crippen LogP contribution in [0.1, 0.15) is 44.8 Å². The Morgan fingerprint density at radius 3 is 2.95 bits per heavy atom. The van der Waals surface area contributed by atoms with Crippen molar-refractivity contribution in [2.24, 2.45) is 0 Å². The van der Waals surface area contributed by atoms with E-state index in [1.807, 2.05) is 0 Å². The van der Waals surface area contributed by atoms with E-state index in [0.29, 0.717) is 18.1 Å². The highest BCUT2D eigenvalue weighted by molar-refractivity contribution is 5.35. The number of hydrogen-bond donors (Lipinski definition) is 1. The quantitative estimate of drug-likeness (QED) is 0.901. The van der Waals surface area contributed by atoms with Gasteiger partial charge < -0.3 is 19.5 Å². The van der Waals surface area contributed by atoms with Crippen LogP contribution < -0.4 is 10.2 Å². The van der Waals surface area contributed by atoms with E-state index in [-0.39, 0.29) is 0 Å². The van der Waals surface area contributed by atoms with Crippen molar-refractivity contribution in [2.45, 2.75) is 57.7 Å². The number of methoxy groups -OCH3 is 1. The second-order valence-corrected chi connectivity index (χ2v) is 6.47. The zero-order valence-electron chi connectivity index (χ0n) is 13.5. The second kappa shape index (κ2) is 6.36. The first-order valence-electron chi connectivity index (χ1n) is 8.29. The standard InChI is InChI=1S/C16H28N4O/c1-4-13-10-20(12(2)11-21-3)16(18-13)19-8-7-14-5-6-15(9-19)17-14/h10,12,14-15,17H,4-9,11H2,1-3H3. The molecule has 0 radical (unpaired) electrons. The Labute approximate surface area is 127 Å². The Morgan fingerprint density at radius 1 is 1.38 bits per heavy atom. The lowest BCUT2D eigenvalue weighted by Crippen LogP contribution is -2.37. The molecular weight excluding hydrogens is 264 g/mol. The molecule has 2 fully saturated rings. The number of imidazole rings is 1. The van der Waals surface area contributed by atoms with Gasteiger partial charge in [0.1, 0.15) is 0 Å². The van der Waals surface area contributed by atoms with Gasteiger partial charge in [-0.2, -0.15) is 0 Å². The van der Waals surface area contributed by atoms with Gasteiger partial charge in [0.05, 0.1) is 18.3 Å². The van der Waals surface area contributed by atoms with Crippen LogP contribution in [0.2, 0.25) is 0 Å². The van der Waals surface area contributed by atoms with Gasteiger partial charge in [-0.25, -0.2) is 4.98 Å². The number of rotatable bonds is 5. The van der Waals surface area contributed by atoms with Crippen molar-refractivity contribution in [3.8, 4) is 0 Å². The molecule has 0 spiro atoms. The number of hydrogen-bond acceptors (Lipinski definition) is 4. The topological polar surface area (TPSA) is 42.3 Å². The predicted molar refractivity (Wildman–Crippen MR) is 85.0 cm³/mol. The number of aryl methyl sites for hydroxylation is 1. The van der Waals surface area contributed by atoms with E-state index in [2.05, 4.69) is 34.8 Å². The number of aromatic nitrogens is 2. The highest BCUT2D eigenvalue weighted by Gasteiger charge is 2.31. The van der Waals surface area contributed by atoms with Gasteiger partial charge in [-0.05, 0) is 32.6 Å². The fourth-order valence-corrected chi connectivity index (χ4v) is 3.61. The first-order valence-corrected chi connectivity index (χ1v) is 8.29. The zero-order chi connectivity index (χ0) is 14.8. The first-order chi connectivity index (χ1) is 10.2. The van der Waals surface area contributed by atoms with Gasteiger partial charge in [0, 0.05) is 38.5 Å². The SMILES string of the molecule is CCc1cn(C(C)COC)c(N2CCC3CCC(C2)N3)n1. The normalized spacial score (nSPS) is 26.9. The predicted octanol–water partition coefficient (Wildman–Crippen LogP) is 1.98. The van der Waals surface area contributed by atoms with Crippen LogP contribution in [0.3, 0.4) is 0 Å². The Hall–Kier alpha value is -1.07. The van der Waals surface area contributed by atoms with Crippen molar-refractivity contribution in [2.75, 3.05) is 31.7 Å². The maximum atomic E-state index is 5.34. The summed E-state index contributed by atoms with van der Waals surface area (Å²) in [6.45, 7) is 7.29. The third kappa shape index (κ3) is 3.09. The summed E-state index contributed by atoms with van der Waals surface area (Å²) in [6, 6.07) is 1.67. The number of ether oxygens (including phenoxy) is 1. The van der Waals surface area contributed by atoms with Crippen molar-refractivity contribution in [1.29, 1.82) is 0 Å². The average Bonchev–Trinajstić information content (AvgIpc) is 3.03. The van der Waals surface area contributed by atoms with Gasteiger partial charge >= 0.3 is 0 Å². The van der Waals surface area contributed by atoms with Crippen LogP contribution in [0.5, 0.6) is 0 Å². The number of nitrogens with zero attached hydrogens (tertiary/aromatic N) is 3. The molecule has 0 aromatic carbocycles. The largest absolute Gasteiger partial charge is 0.383 e. The molecule has 1 aromatic rings. The third-order valence-electron chi connectivity index (χ3n) is 4.81. The highest BCUT2D eigenvalue weighted by atomic mass is 16.5. The molecule has 5 heteroatoms. The molecule has 0 aliphatic carbocycles. The lowest BCUT2D eigenvalue weighted by Gasteiger charge is -2.27. The van der Waals surface area contributed by atoms with Gasteiger partial charge in [-0.1, -0.05) is 6.92 Å². The minimum Gasteiger partial charge on any atom is -0.383 e. The molecule has 5 nitrogen and oxygen atoms in total. The molecule has 2 saturated heterocycles. The Kier molecular flexibility index (Phi) is 4.50. The summed E-state index contributed by atoms with van der Waals surface area (Å²) in [4.78, 5) is 7.36. The average molecular weight is 292 g/mol. The maximum absolute atomic E-state index is 5.34. The zero-order valence-corrected chi connectivity index (χ0v) is 13.5. The van der Waals surface area contributed by atoms with E-state index in [9.17, 15) is 0 Å². The summed E-state index contributed by atoms with van der Waals surface area (Å²) in [5.41, 5.74) is 1.18. The molecule has 2 bridgehead atoms. The fourth-order valence-electron chi connectivity index (χ4n) is 3.61. The smallest absolute Gasteiger partial charge is 0.206 e. The summed E-state index contributed by atoms with van der Waals surface area (Å²) in [5.74, 6) is 1.13. The minimum absolute atomic E-state index is 0.325. The third-order valence-corrected chi connectivity index (χ3v) is 4.81. The van der Waals surface area contributed by atoms with Crippen molar-refractivity contribution in [3.63, 3.8) is 0 Å². The molecule has 21 heavy (non-hydrogen) atoms. The first kappa shape index (κ1) is 14.9. The molecule has 2 aliphatic rings. The van der Waals surface area contributed by atoms with Crippen LogP contribution in [-0.2, 0) is 11.2 Å². The van der Waals surface area contributed by atoms with Crippen molar-refractivity contribution in [1.82, 2.24) is 14.9 Å². The Morgan fingerprint density at radius 2 is 2.19 bits per heavy atom. The van der Waals surface area contributed by atoms with E-state index in [1.54, 1.807) is 7.11 Å². The van der Waals surface area contributed by atoms with Crippen LogP contribution in [0.4, 0.5) is 5.95 Å². The van der Waals surface area contributed by atoms with E-state index in [0.717, 1.165) is 32.1 Å². The molecule has 3 unspecified atom stereocenters. The van der Waals surface area contributed by atoms with Crippen LogP contribution >= 0.6 is 0 Å². The summed E-state index contributed by atoms with van der Waals surface area (Å²) >= 11 is 0. The molecule has 3 heterocycles. The molecule has 1 N–H and O–H groups in total. The van der Waals surface area contributed by atoms with Gasteiger partial charge in [0.2, 0.25) is 5.95 Å². The second-order valence-electron chi connectivity index (χ2n) is 6.47. The Balaban J connectivity index is 1.84. The van der Waals surface area contributed by atoms with Crippen LogP contribution in [0.15, 0.2) is 6.20 Å². The summed E-state index contributed by atoms with van der Waals surface area (Å²) in [7, 11) is 1.77. The molecule has 2 aliphatic heterocycles. The molecule has 1 aromatic heterocycles. The van der Waals surface area contributed by atoms with Gasteiger partial charge in [0.15, 0.2) is 0 Å². The molecule has 118 valence electrons. The lowest BCUT2D eigenvalue weighted by atomic mass is 10.1.